The number of rotatable bonds is 3. The standard InChI is InChI=1S/C7H9I/c1-3-5-7(4-2)6-8/h3-5H,1-2,6H2/b7-5+. The molecule has 0 fully saturated rings. The Hall–Kier alpha value is -0.0500. The molecule has 0 amide bonds. The van der Waals surface area contributed by atoms with Crippen LogP contribution in [0.3, 0.4) is 0 Å². The van der Waals surface area contributed by atoms with Crippen molar-refractivity contribution in [3.8, 4) is 0 Å². The van der Waals surface area contributed by atoms with Gasteiger partial charge in [0, 0.05) is 4.43 Å². The van der Waals surface area contributed by atoms with E-state index in [0.29, 0.717) is 0 Å². The molecule has 0 rings (SSSR count). The Kier molecular flexibility index (Phi) is 5.06. The molecule has 0 aliphatic carbocycles. The average Bonchev–Trinajstić information content (AvgIpc) is 1.83. The van der Waals surface area contributed by atoms with E-state index in [1.54, 1.807) is 6.08 Å². The van der Waals surface area contributed by atoms with Gasteiger partial charge in [0.15, 0.2) is 0 Å². The largest absolute Gasteiger partial charge is 0.0991 e. The second-order valence-electron chi connectivity index (χ2n) is 1.32. The second kappa shape index (κ2) is 5.09. The lowest BCUT2D eigenvalue weighted by molar-refractivity contribution is 1.60. The van der Waals surface area contributed by atoms with Gasteiger partial charge < -0.3 is 0 Å². The fourth-order valence-electron chi connectivity index (χ4n) is 0.319. The lowest BCUT2D eigenvalue weighted by atomic mass is 10.3. The van der Waals surface area contributed by atoms with Crippen LogP contribution >= 0.6 is 22.6 Å². The van der Waals surface area contributed by atoms with E-state index in [4.69, 9.17) is 0 Å². The van der Waals surface area contributed by atoms with Crippen molar-refractivity contribution < 1.29 is 0 Å². The molecule has 0 N–H and O–H groups in total. The summed E-state index contributed by atoms with van der Waals surface area (Å²) < 4.78 is 1.01. The summed E-state index contributed by atoms with van der Waals surface area (Å²) >= 11 is 2.29. The minimum absolute atomic E-state index is 1.01. The van der Waals surface area contributed by atoms with Crippen molar-refractivity contribution in [2.24, 2.45) is 0 Å². The molecule has 44 valence electrons. The molecule has 0 heterocycles. The minimum atomic E-state index is 1.01. The maximum atomic E-state index is 3.63. The van der Waals surface area contributed by atoms with Gasteiger partial charge in [-0.1, -0.05) is 54.0 Å². The second-order valence-corrected chi connectivity index (χ2v) is 2.08. The van der Waals surface area contributed by atoms with Gasteiger partial charge in [0.2, 0.25) is 0 Å². The monoisotopic (exact) mass is 220 g/mol. The van der Waals surface area contributed by atoms with Gasteiger partial charge in [0.05, 0.1) is 0 Å². The van der Waals surface area contributed by atoms with E-state index in [0.717, 1.165) is 4.43 Å². The number of allylic oxidation sites excluding steroid dienone is 4. The minimum Gasteiger partial charge on any atom is -0.0991 e. The molecule has 0 aliphatic heterocycles. The Morgan fingerprint density at radius 3 is 2.25 bits per heavy atom. The molecule has 0 radical (unpaired) electrons. The number of halogens is 1. The lowest BCUT2D eigenvalue weighted by Gasteiger charge is -1.87. The van der Waals surface area contributed by atoms with Crippen molar-refractivity contribution >= 4 is 22.6 Å². The summed E-state index contributed by atoms with van der Waals surface area (Å²) in [5, 5.41) is 0. The molecule has 0 atom stereocenters. The van der Waals surface area contributed by atoms with Crippen LogP contribution in [-0.2, 0) is 0 Å². The zero-order chi connectivity index (χ0) is 6.41. The topological polar surface area (TPSA) is 0 Å². The summed E-state index contributed by atoms with van der Waals surface area (Å²) in [6.45, 7) is 7.20. The first-order valence-corrected chi connectivity index (χ1v) is 3.87. The molecule has 0 aromatic carbocycles. The number of hydrogen-bond acceptors (Lipinski definition) is 0. The van der Waals surface area contributed by atoms with E-state index >= 15 is 0 Å². The molecule has 0 saturated carbocycles. The highest BCUT2D eigenvalue weighted by Crippen LogP contribution is 1.99. The number of hydrogen-bond donors (Lipinski definition) is 0. The maximum Gasteiger partial charge on any atom is 0.0246 e. The van der Waals surface area contributed by atoms with Crippen LogP contribution in [0.4, 0.5) is 0 Å². The number of alkyl halides is 1. The summed E-state index contributed by atoms with van der Waals surface area (Å²) in [7, 11) is 0. The zero-order valence-electron chi connectivity index (χ0n) is 4.73. The molecule has 0 spiro atoms. The highest BCUT2D eigenvalue weighted by atomic mass is 127. The fraction of sp³-hybridized carbons (Fsp3) is 0.143. The van der Waals surface area contributed by atoms with Gasteiger partial charge in [-0.15, -0.1) is 0 Å². The van der Waals surface area contributed by atoms with Crippen LogP contribution in [0.25, 0.3) is 0 Å². The highest BCUT2D eigenvalue weighted by molar-refractivity contribution is 14.1. The Balaban J connectivity index is 3.84. The van der Waals surface area contributed by atoms with Crippen LogP contribution in [0.15, 0.2) is 37.0 Å². The Labute approximate surface area is 64.1 Å². The van der Waals surface area contributed by atoms with Gasteiger partial charge in [-0.3, -0.25) is 0 Å². The zero-order valence-corrected chi connectivity index (χ0v) is 6.89. The third-order valence-electron chi connectivity index (χ3n) is 0.748. The summed E-state index contributed by atoms with van der Waals surface area (Å²) in [6.07, 6.45) is 5.57. The lowest BCUT2D eigenvalue weighted by Crippen LogP contribution is -1.73. The molecule has 8 heavy (non-hydrogen) atoms. The summed E-state index contributed by atoms with van der Waals surface area (Å²) in [4.78, 5) is 0. The van der Waals surface area contributed by atoms with Crippen LogP contribution in [0.2, 0.25) is 0 Å². The van der Waals surface area contributed by atoms with Crippen molar-refractivity contribution in [1.82, 2.24) is 0 Å². The molecule has 0 aromatic heterocycles. The first kappa shape index (κ1) is 7.95. The van der Waals surface area contributed by atoms with Gasteiger partial charge in [-0.2, -0.15) is 0 Å². The van der Waals surface area contributed by atoms with Crippen LogP contribution < -0.4 is 0 Å². The Morgan fingerprint density at radius 1 is 1.50 bits per heavy atom. The van der Waals surface area contributed by atoms with E-state index in [2.05, 4.69) is 35.7 Å². The third kappa shape index (κ3) is 3.02. The molecule has 0 unspecified atom stereocenters. The molecule has 0 aliphatic rings. The first-order valence-electron chi connectivity index (χ1n) is 2.35. The maximum absolute atomic E-state index is 3.63. The van der Waals surface area contributed by atoms with E-state index in [-0.39, 0.29) is 0 Å². The summed E-state index contributed by atoms with van der Waals surface area (Å²) in [5.74, 6) is 0. The molecule has 0 bridgehead atoms. The third-order valence-corrected chi connectivity index (χ3v) is 1.63. The van der Waals surface area contributed by atoms with E-state index in [1.807, 2.05) is 12.2 Å². The van der Waals surface area contributed by atoms with Gasteiger partial charge in [-0.05, 0) is 5.57 Å². The Morgan fingerprint density at radius 2 is 2.12 bits per heavy atom. The van der Waals surface area contributed by atoms with Crippen molar-refractivity contribution in [3.63, 3.8) is 0 Å². The summed E-state index contributed by atoms with van der Waals surface area (Å²) in [5.41, 5.74) is 1.22. The van der Waals surface area contributed by atoms with Crippen molar-refractivity contribution in [2.75, 3.05) is 4.43 Å². The van der Waals surface area contributed by atoms with Gasteiger partial charge in [-0.25, -0.2) is 0 Å². The summed E-state index contributed by atoms with van der Waals surface area (Å²) in [6, 6.07) is 0. The van der Waals surface area contributed by atoms with E-state index < -0.39 is 0 Å². The predicted molar refractivity (Wildman–Crippen MR) is 47.4 cm³/mol. The smallest absolute Gasteiger partial charge is 0.0246 e. The SMILES string of the molecule is C=C/C=C(\C=C)CI. The fourth-order valence-corrected chi connectivity index (χ4v) is 0.884. The Bertz CT molecular complexity index is 112. The van der Waals surface area contributed by atoms with Crippen molar-refractivity contribution in [3.05, 3.63) is 37.0 Å². The molecule has 0 saturated heterocycles. The molecule has 1 heteroatoms. The van der Waals surface area contributed by atoms with Crippen LogP contribution in [0.5, 0.6) is 0 Å². The predicted octanol–water partition coefficient (Wildman–Crippen LogP) is 2.72. The van der Waals surface area contributed by atoms with Crippen LogP contribution in [0, 0.1) is 0 Å². The molecular weight excluding hydrogens is 211 g/mol. The molecule has 0 nitrogen and oxygen atoms in total. The van der Waals surface area contributed by atoms with Crippen LogP contribution in [-0.4, -0.2) is 4.43 Å². The van der Waals surface area contributed by atoms with Gasteiger partial charge in [0.25, 0.3) is 0 Å². The van der Waals surface area contributed by atoms with Gasteiger partial charge in [0.1, 0.15) is 0 Å². The molecular formula is C7H9I. The first-order chi connectivity index (χ1) is 3.85. The van der Waals surface area contributed by atoms with Gasteiger partial charge >= 0.3 is 0 Å². The van der Waals surface area contributed by atoms with Crippen LogP contribution in [0.1, 0.15) is 0 Å². The highest BCUT2D eigenvalue weighted by Gasteiger charge is 1.80. The average molecular weight is 220 g/mol. The normalized spacial score (nSPS) is 10.9. The van der Waals surface area contributed by atoms with Crippen molar-refractivity contribution in [1.29, 1.82) is 0 Å². The molecule has 0 aromatic rings. The van der Waals surface area contributed by atoms with Crippen molar-refractivity contribution in [2.45, 2.75) is 0 Å². The van der Waals surface area contributed by atoms with E-state index in [1.165, 1.54) is 5.57 Å². The quantitative estimate of drug-likeness (QED) is 0.389. The van der Waals surface area contributed by atoms with E-state index in [9.17, 15) is 0 Å².